The van der Waals surface area contributed by atoms with Crippen molar-refractivity contribution < 1.29 is 31.4 Å². The third-order valence-electron chi connectivity index (χ3n) is 11.5. The van der Waals surface area contributed by atoms with Crippen LogP contribution in [0.25, 0.3) is 104 Å². The summed E-state index contributed by atoms with van der Waals surface area (Å²) in [5.74, 6) is 0.810. The second-order valence-corrected chi connectivity index (χ2v) is 16.7. The molecule has 0 saturated heterocycles. The first kappa shape index (κ1) is 34.7. The van der Waals surface area contributed by atoms with E-state index < -0.39 is 18.6 Å². The minimum absolute atomic E-state index is 0. The van der Waals surface area contributed by atoms with Crippen LogP contribution in [0.4, 0.5) is 0 Å². The maximum Gasteiger partial charge on any atom is 0.128 e. The maximum atomic E-state index is 8.35. The second kappa shape index (κ2) is 16.1. The van der Waals surface area contributed by atoms with E-state index in [9.17, 15) is 0 Å². The molecule has 12 aromatic rings. The number of imidazole rings is 1. The first-order valence-electron chi connectivity index (χ1n) is 23.3. The molecule has 63 heavy (non-hydrogen) atoms. The molecule has 0 fully saturated rings. The molecular formula is C58H43IrN3O-2. The van der Waals surface area contributed by atoms with Crippen LogP contribution in [0.5, 0.6) is 0 Å². The Hall–Kier alpha value is -6.91. The molecule has 0 N–H and O–H groups in total. The van der Waals surface area contributed by atoms with Gasteiger partial charge in [-0.25, -0.2) is 0 Å². The molecule has 0 aliphatic carbocycles. The molecule has 12 rings (SSSR count). The van der Waals surface area contributed by atoms with E-state index in [0.717, 1.165) is 60.8 Å². The summed E-state index contributed by atoms with van der Waals surface area (Å²) in [6.07, 6.45) is 0.0586. The van der Waals surface area contributed by atoms with Gasteiger partial charge in [-0.05, 0) is 85.5 Å². The predicted octanol–water partition coefficient (Wildman–Crippen LogP) is 15.4. The Kier molecular flexibility index (Phi) is 8.85. The van der Waals surface area contributed by atoms with Gasteiger partial charge in [0.15, 0.2) is 0 Å². The molecule has 0 amide bonds. The van der Waals surface area contributed by atoms with Crippen molar-refractivity contribution in [2.75, 3.05) is 0 Å². The quantitative estimate of drug-likeness (QED) is 0.130. The van der Waals surface area contributed by atoms with E-state index in [2.05, 4.69) is 149 Å². The fraction of sp³-hybridized carbons (Fsp3) is 0.103. The van der Waals surface area contributed by atoms with Crippen LogP contribution in [-0.4, -0.2) is 14.5 Å². The first-order chi connectivity index (χ1) is 32.3. The van der Waals surface area contributed by atoms with Gasteiger partial charge < -0.3 is 14.0 Å². The fourth-order valence-corrected chi connectivity index (χ4v) is 8.80. The molecule has 0 aliphatic rings. The average molecular weight is 995 g/mol. The summed E-state index contributed by atoms with van der Waals surface area (Å²) in [7, 11) is 0. The van der Waals surface area contributed by atoms with E-state index in [0.29, 0.717) is 16.8 Å². The van der Waals surface area contributed by atoms with Crippen LogP contribution in [0, 0.1) is 24.4 Å². The molecule has 0 saturated carbocycles. The number of hydrogen-bond donors (Lipinski definition) is 0. The number of aromatic nitrogens is 3. The predicted molar refractivity (Wildman–Crippen MR) is 259 cm³/mol. The molecule has 3 heterocycles. The van der Waals surface area contributed by atoms with Crippen LogP contribution in [0.15, 0.2) is 180 Å². The zero-order valence-electron chi connectivity index (χ0n) is 39.8. The van der Waals surface area contributed by atoms with Gasteiger partial charge in [-0.2, -0.15) is 0 Å². The van der Waals surface area contributed by atoms with Crippen molar-refractivity contribution >= 4 is 76.1 Å². The second-order valence-electron chi connectivity index (χ2n) is 16.7. The van der Waals surface area contributed by atoms with E-state index in [1.54, 1.807) is 24.4 Å². The first-order valence-corrected chi connectivity index (χ1v) is 20.8. The molecule has 0 atom stereocenters. The number of fused-ring (bicyclic) bond motifs is 12. The van der Waals surface area contributed by atoms with E-state index in [-0.39, 0.29) is 25.7 Å². The Morgan fingerprint density at radius 3 is 2.03 bits per heavy atom. The van der Waals surface area contributed by atoms with Crippen molar-refractivity contribution in [1.82, 2.24) is 14.5 Å². The Morgan fingerprint density at radius 1 is 0.635 bits per heavy atom. The molecule has 0 bridgehead atoms. The molecule has 5 heteroatoms. The summed E-state index contributed by atoms with van der Waals surface area (Å²) in [5.41, 5.74) is 7.00. The number of hydrogen-bond acceptors (Lipinski definition) is 3. The topological polar surface area (TPSA) is 43.9 Å². The Balaban J connectivity index is 0.000000192. The van der Waals surface area contributed by atoms with Crippen LogP contribution in [0.2, 0.25) is 0 Å². The summed E-state index contributed by atoms with van der Waals surface area (Å²) >= 11 is 0. The fourth-order valence-electron chi connectivity index (χ4n) is 8.80. The van der Waals surface area contributed by atoms with Gasteiger partial charge in [-0.15, -0.1) is 53.6 Å². The van der Waals surface area contributed by atoms with E-state index >= 15 is 0 Å². The van der Waals surface area contributed by atoms with Crippen LogP contribution in [0.1, 0.15) is 38.8 Å². The monoisotopic (exact) mass is 995 g/mol. The number of rotatable bonds is 4. The molecule has 307 valence electrons. The van der Waals surface area contributed by atoms with Crippen molar-refractivity contribution in [2.45, 2.75) is 34.0 Å². The minimum atomic E-state index is -2.16. The molecule has 0 unspecified atom stereocenters. The van der Waals surface area contributed by atoms with Crippen molar-refractivity contribution in [3.05, 3.63) is 199 Å². The van der Waals surface area contributed by atoms with Crippen LogP contribution >= 0.6 is 0 Å². The molecular weight excluding hydrogens is 947 g/mol. The number of pyridine rings is 1. The number of benzene rings is 9. The van der Waals surface area contributed by atoms with Gasteiger partial charge in [-0.1, -0.05) is 153 Å². The number of para-hydroxylation sites is 2. The van der Waals surface area contributed by atoms with E-state index in [1.807, 2.05) is 32.9 Å². The Bertz CT molecular complexity index is 3850. The summed E-state index contributed by atoms with van der Waals surface area (Å²) < 4.78 is 47.8. The van der Waals surface area contributed by atoms with Crippen molar-refractivity contribution in [3.8, 4) is 28.3 Å². The summed E-state index contributed by atoms with van der Waals surface area (Å²) in [4.78, 5) is 9.46. The van der Waals surface area contributed by atoms with Gasteiger partial charge >= 0.3 is 0 Å². The minimum Gasteiger partial charge on any atom is -0.500 e. The van der Waals surface area contributed by atoms with Crippen LogP contribution in [0.3, 0.4) is 0 Å². The summed E-state index contributed by atoms with van der Waals surface area (Å²) in [5, 5.41) is 11.9. The van der Waals surface area contributed by atoms with E-state index in [1.165, 1.54) is 44.5 Å². The standard InChI is InChI=1S/C41H23N2O.C17H20N.Ir/c1-2-11-27-25(10-1)20-22-34-33-16-9-17-35(40(33)44-39(27)34)41-42-37-18-7-8-19-38(37)43(41)26-21-23-32-30-14-4-3-12-28(30)29-13-5-6-15-31(29)36(32)24-26;1-13-5-7-15(8-6-13)16-11-14(9-10-18-16)12-17(2,3)4;/h1-16,18-24H;5-7,9-11H,12H2,1-4H3;/q2*-1;/i;1D3,12D2;. The zero-order valence-corrected chi connectivity index (χ0v) is 37.2. The van der Waals surface area contributed by atoms with Gasteiger partial charge in [-0.3, -0.25) is 4.98 Å². The number of aryl methyl sites for hydroxylation is 1. The average Bonchev–Trinajstić information content (AvgIpc) is 3.93. The van der Waals surface area contributed by atoms with E-state index in [4.69, 9.17) is 16.3 Å². The van der Waals surface area contributed by atoms with Crippen molar-refractivity contribution in [1.29, 1.82) is 0 Å². The normalized spacial score (nSPS) is 13.3. The zero-order chi connectivity index (χ0) is 46.2. The van der Waals surface area contributed by atoms with Gasteiger partial charge in [0.25, 0.3) is 0 Å². The molecule has 3 aromatic heterocycles. The smallest absolute Gasteiger partial charge is 0.128 e. The molecule has 1 radical (unpaired) electrons. The number of nitrogens with zero attached hydrogens (tertiary/aromatic N) is 3. The van der Waals surface area contributed by atoms with Gasteiger partial charge in [0.05, 0.1) is 22.4 Å². The Morgan fingerprint density at radius 2 is 1.30 bits per heavy atom. The van der Waals surface area contributed by atoms with Crippen LogP contribution in [-0.2, 0) is 26.5 Å². The van der Waals surface area contributed by atoms with Crippen LogP contribution < -0.4 is 0 Å². The summed E-state index contributed by atoms with van der Waals surface area (Å²) in [6.45, 7) is 3.40. The Labute approximate surface area is 387 Å². The van der Waals surface area contributed by atoms with Gasteiger partial charge in [0, 0.05) is 49.6 Å². The number of furan rings is 1. The molecule has 0 spiro atoms. The third-order valence-corrected chi connectivity index (χ3v) is 11.5. The van der Waals surface area contributed by atoms with Crippen molar-refractivity contribution in [3.63, 3.8) is 0 Å². The largest absolute Gasteiger partial charge is 0.500 e. The van der Waals surface area contributed by atoms with Gasteiger partial charge in [0.2, 0.25) is 0 Å². The van der Waals surface area contributed by atoms with Crippen molar-refractivity contribution in [2.24, 2.45) is 5.41 Å². The SMILES string of the molecule is [2H]C([2H])([2H])c1c[c-]c(-c2cc(C([2H])([2H])C(C)(C)C)ccn2)cc1.[Ir].[c-]1ccc2c(oc3c4ccccc4ccc23)c1-c1nc2ccccc2n1-c1ccc2c3ccccc3c3ccccc3c2c1. The molecule has 0 aliphatic heterocycles. The van der Waals surface area contributed by atoms with Gasteiger partial charge in [0.1, 0.15) is 5.58 Å². The third kappa shape index (κ3) is 7.28. The maximum absolute atomic E-state index is 8.35. The molecule has 9 aromatic carbocycles. The summed E-state index contributed by atoms with van der Waals surface area (Å²) in [6, 6.07) is 63.8. The molecule has 4 nitrogen and oxygen atoms in total.